The molecule has 0 spiro atoms. The molecule has 0 radical (unpaired) electrons. The van der Waals surface area contributed by atoms with E-state index < -0.39 is 0 Å². The van der Waals surface area contributed by atoms with E-state index in [9.17, 15) is 4.79 Å². The molecule has 6 heteroatoms. The fourth-order valence-electron chi connectivity index (χ4n) is 1.34. The molecule has 0 aliphatic carbocycles. The average molecular weight is 358 g/mol. The van der Waals surface area contributed by atoms with Crippen molar-refractivity contribution >= 4 is 22.6 Å². The molecule has 1 N–H and O–H groups in total. The summed E-state index contributed by atoms with van der Waals surface area (Å²) in [4.78, 5) is 17.9. The van der Waals surface area contributed by atoms with E-state index in [1.807, 2.05) is 41.6 Å². The van der Waals surface area contributed by atoms with Crippen molar-refractivity contribution in [1.29, 1.82) is 0 Å². The molecule has 2 rings (SSSR count). The van der Waals surface area contributed by atoms with Gasteiger partial charge in [0.25, 0.3) is 5.56 Å². The fourth-order valence-corrected chi connectivity index (χ4v) is 1.75. The number of hydrogen-bond donors (Lipinski definition) is 1. The summed E-state index contributed by atoms with van der Waals surface area (Å²) in [6.45, 7) is 2.50. The smallest absolute Gasteiger partial charge is 0.268 e. The zero-order valence-electron chi connectivity index (χ0n) is 9.64. The maximum Gasteiger partial charge on any atom is 0.268 e. The summed E-state index contributed by atoms with van der Waals surface area (Å²) in [5.74, 6) is 1.58. The number of nitrogens with one attached hydrogen (secondary N) is 1. The molecule has 0 aliphatic rings. The van der Waals surface area contributed by atoms with Gasteiger partial charge in [0, 0.05) is 6.07 Å². The van der Waals surface area contributed by atoms with Gasteiger partial charge in [0.1, 0.15) is 15.1 Å². The van der Waals surface area contributed by atoms with E-state index in [4.69, 9.17) is 9.47 Å². The van der Waals surface area contributed by atoms with E-state index >= 15 is 0 Å². The Hall–Kier alpha value is -1.57. The maximum atomic E-state index is 11.4. The number of hydrogen-bond acceptors (Lipinski definition) is 4. The van der Waals surface area contributed by atoms with Crippen molar-refractivity contribution in [2.45, 2.75) is 6.92 Å². The second-order valence-electron chi connectivity index (χ2n) is 3.36. The van der Waals surface area contributed by atoms with Crippen molar-refractivity contribution in [3.63, 3.8) is 0 Å². The van der Waals surface area contributed by atoms with E-state index in [2.05, 4.69) is 9.97 Å². The van der Waals surface area contributed by atoms with Gasteiger partial charge in [0.2, 0.25) is 5.88 Å². The van der Waals surface area contributed by atoms with Gasteiger partial charge in [0.05, 0.1) is 12.9 Å². The Bertz CT molecular complexity index is 598. The minimum atomic E-state index is -0.221. The van der Waals surface area contributed by atoms with Crippen LogP contribution in [-0.4, -0.2) is 16.6 Å². The van der Waals surface area contributed by atoms with Crippen LogP contribution in [0, 0.1) is 3.57 Å². The molecular formula is C12H11IN2O3. The highest BCUT2D eigenvalue weighted by Crippen LogP contribution is 2.25. The van der Waals surface area contributed by atoms with Gasteiger partial charge >= 0.3 is 0 Å². The van der Waals surface area contributed by atoms with E-state index in [-0.39, 0.29) is 11.4 Å². The monoisotopic (exact) mass is 358 g/mol. The van der Waals surface area contributed by atoms with Crippen LogP contribution < -0.4 is 15.0 Å². The van der Waals surface area contributed by atoms with Crippen molar-refractivity contribution in [2.75, 3.05) is 6.61 Å². The van der Waals surface area contributed by atoms with Crippen LogP contribution in [0.25, 0.3) is 0 Å². The average Bonchev–Trinajstić information content (AvgIpc) is 2.36. The Morgan fingerprint density at radius 1 is 1.39 bits per heavy atom. The fraction of sp³-hybridized carbons (Fsp3) is 0.167. The van der Waals surface area contributed by atoms with Crippen molar-refractivity contribution in [1.82, 2.24) is 9.97 Å². The maximum absolute atomic E-state index is 11.4. The summed E-state index contributed by atoms with van der Waals surface area (Å²) in [7, 11) is 0. The van der Waals surface area contributed by atoms with E-state index in [0.29, 0.717) is 15.9 Å². The number of halogens is 1. The van der Waals surface area contributed by atoms with Crippen LogP contribution in [0.5, 0.6) is 17.4 Å². The van der Waals surface area contributed by atoms with Gasteiger partial charge in [-0.3, -0.25) is 4.79 Å². The third kappa shape index (κ3) is 3.00. The number of rotatable bonds is 4. The van der Waals surface area contributed by atoms with Gasteiger partial charge in [-0.05, 0) is 41.6 Å². The lowest BCUT2D eigenvalue weighted by Gasteiger charge is -2.07. The van der Waals surface area contributed by atoms with E-state index in [1.54, 1.807) is 12.1 Å². The normalized spacial score (nSPS) is 10.1. The van der Waals surface area contributed by atoms with Gasteiger partial charge in [-0.1, -0.05) is 6.07 Å². The van der Waals surface area contributed by atoms with Crippen LogP contribution in [0.1, 0.15) is 6.92 Å². The Balaban J connectivity index is 2.25. The molecule has 0 bridgehead atoms. The van der Waals surface area contributed by atoms with Crippen molar-refractivity contribution < 1.29 is 9.47 Å². The van der Waals surface area contributed by atoms with Crippen molar-refractivity contribution in [3.8, 4) is 17.4 Å². The first kappa shape index (κ1) is 12.9. The molecule has 1 aromatic heterocycles. The first-order valence-corrected chi connectivity index (χ1v) is 6.42. The van der Waals surface area contributed by atoms with Crippen LogP contribution in [-0.2, 0) is 0 Å². The largest absolute Gasteiger partial charge is 0.494 e. The van der Waals surface area contributed by atoms with Crippen LogP contribution in [0.2, 0.25) is 0 Å². The molecule has 18 heavy (non-hydrogen) atoms. The molecule has 0 fully saturated rings. The number of H-pyrrole nitrogens is 1. The quantitative estimate of drug-likeness (QED) is 0.854. The molecule has 0 saturated heterocycles. The van der Waals surface area contributed by atoms with Crippen molar-refractivity contribution in [2.24, 2.45) is 0 Å². The molecule has 0 saturated carbocycles. The summed E-state index contributed by atoms with van der Waals surface area (Å²) >= 11 is 1.89. The number of benzene rings is 1. The van der Waals surface area contributed by atoms with Crippen LogP contribution in [0.4, 0.5) is 0 Å². The second-order valence-corrected chi connectivity index (χ2v) is 4.44. The molecule has 0 amide bonds. The molecular weight excluding hydrogens is 347 g/mol. The zero-order valence-corrected chi connectivity index (χ0v) is 11.8. The van der Waals surface area contributed by atoms with Gasteiger partial charge < -0.3 is 14.5 Å². The summed E-state index contributed by atoms with van der Waals surface area (Å²) in [6.07, 6.45) is 1.31. The van der Waals surface area contributed by atoms with Gasteiger partial charge in [-0.25, -0.2) is 4.98 Å². The number of nitrogens with zero attached hydrogens (tertiary/aromatic N) is 1. The molecule has 0 atom stereocenters. The molecule has 94 valence electrons. The number of aromatic amines is 1. The topological polar surface area (TPSA) is 64.2 Å². The van der Waals surface area contributed by atoms with Gasteiger partial charge in [0.15, 0.2) is 0 Å². The lowest BCUT2D eigenvalue weighted by molar-refractivity contribution is 0.338. The third-order valence-corrected chi connectivity index (χ3v) is 3.05. The van der Waals surface area contributed by atoms with Crippen molar-refractivity contribution in [3.05, 3.63) is 44.5 Å². The molecule has 0 unspecified atom stereocenters. The highest BCUT2D eigenvalue weighted by atomic mass is 127. The summed E-state index contributed by atoms with van der Waals surface area (Å²) in [6, 6.07) is 7.19. The summed E-state index contributed by atoms with van der Waals surface area (Å²) < 4.78 is 11.3. The van der Waals surface area contributed by atoms with Gasteiger partial charge in [-0.15, -0.1) is 0 Å². The summed E-state index contributed by atoms with van der Waals surface area (Å²) in [5, 5.41) is 0. The minimum absolute atomic E-state index is 0.221. The molecule has 1 aromatic carbocycles. The minimum Gasteiger partial charge on any atom is -0.494 e. The Morgan fingerprint density at radius 3 is 2.94 bits per heavy atom. The first-order chi connectivity index (χ1) is 8.70. The second kappa shape index (κ2) is 5.85. The molecule has 1 heterocycles. The van der Waals surface area contributed by atoms with E-state index in [1.165, 1.54) is 6.33 Å². The zero-order chi connectivity index (χ0) is 13.0. The lowest BCUT2D eigenvalue weighted by Crippen LogP contribution is -2.11. The first-order valence-electron chi connectivity index (χ1n) is 5.34. The van der Waals surface area contributed by atoms with Gasteiger partial charge in [-0.2, -0.15) is 0 Å². The van der Waals surface area contributed by atoms with Crippen LogP contribution in [0.15, 0.2) is 35.4 Å². The summed E-state index contributed by atoms with van der Waals surface area (Å²) in [5.41, 5.74) is -0.221. The lowest BCUT2D eigenvalue weighted by atomic mass is 10.3. The predicted molar refractivity (Wildman–Crippen MR) is 75.3 cm³/mol. The molecule has 5 nitrogen and oxygen atoms in total. The predicted octanol–water partition coefficient (Wildman–Crippen LogP) is 2.57. The Kier molecular flexibility index (Phi) is 4.19. The standard InChI is InChI=1S/C12H11IN2O3/c1-2-17-8-4-3-5-9(6-8)18-12-10(13)11(16)14-7-15-12/h3-7H,2H2,1H3,(H,14,15,16). The van der Waals surface area contributed by atoms with Crippen LogP contribution >= 0.6 is 22.6 Å². The Morgan fingerprint density at radius 2 is 2.17 bits per heavy atom. The number of ether oxygens (including phenoxy) is 2. The van der Waals surface area contributed by atoms with E-state index in [0.717, 1.165) is 5.75 Å². The molecule has 0 aliphatic heterocycles. The van der Waals surface area contributed by atoms with Crippen LogP contribution in [0.3, 0.4) is 0 Å². The highest BCUT2D eigenvalue weighted by molar-refractivity contribution is 14.1. The highest BCUT2D eigenvalue weighted by Gasteiger charge is 2.08. The molecule has 2 aromatic rings. The third-order valence-electron chi connectivity index (χ3n) is 2.10. The SMILES string of the molecule is CCOc1cccc(Oc2nc[nH]c(=O)c2I)c1. The number of aromatic nitrogens is 2. The Labute approximate surface area is 117 Å².